The number of thiol groups is 2. The van der Waals surface area contributed by atoms with E-state index in [1.54, 1.807) is 0 Å². The minimum absolute atomic E-state index is 0.377. The van der Waals surface area contributed by atoms with Crippen LogP contribution < -0.4 is 0 Å². The molecule has 0 unspecified atom stereocenters. The first kappa shape index (κ1) is 25.2. The Hall–Kier alpha value is -1.43. The van der Waals surface area contributed by atoms with Gasteiger partial charge in [-0.1, -0.05) is 90.8 Å². The Morgan fingerprint density at radius 2 is 1.09 bits per heavy atom. The molecular formula is C27H36N2S3. The van der Waals surface area contributed by atoms with E-state index in [0.29, 0.717) is 11.8 Å². The second kappa shape index (κ2) is 10.7. The highest BCUT2D eigenvalue weighted by Gasteiger charge is 2.23. The Morgan fingerprint density at radius 3 is 1.41 bits per heavy atom. The summed E-state index contributed by atoms with van der Waals surface area (Å²) in [6.45, 7) is 13.4. The van der Waals surface area contributed by atoms with Gasteiger partial charge in [-0.15, -0.1) is 25.3 Å². The third kappa shape index (κ3) is 4.62. The van der Waals surface area contributed by atoms with Crippen LogP contribution in [0.4, 0.5) is 0 Å². The van der Waals surface area contributed by atoms with Crippen LogP contribution >= 0.6 is 37.5 Å². The molecule has 2 nitrogen and oxygen atoms in total. The Bertz CT molecular complexity index is 1060. The molecular weight excluding hydrogens is 449 g/mol. The summed E-state index contributed by atoms with van der Waals surface area (Å²) in [6, 6.07) is 13.2. The molecule has 0 aliphatic heterocycles. The first-order valence-corrected chi connectivity index (χ1v) is 13.0. The number of aryl methyl sites for hydroxylation is 2. The average Bonchev–Trinajstić information content (AvgIpc) is 2.96. The molecule has 3 aromatic rings. The van der Waals surface area contributed by atoms with E-state index in [1.807, 2.05) is 0 Å². The molecule has 0 bridgehead atoms. The van der Waals surface area contributed by atoms with Gasteiger partial charge in [0.05, 0.1) is 11.4 Å². The SMILES string of the molecule is CCCc1cccc(C(C)C)c1-n1c(S)c(S)n(-c2c(CCC)cccc2C(C)C)c1=S. The number of aromatic nitrogens is 2. The van der Waals surface area contributed by atoms with Gasteiger partial charge in [0.15, 0.2) is 4.77 Å². The number of hydrogen-bond donors (Lipinski definition) is 2. The molecule has 0 fully saturated rings. The van der Waals surface area contributed by atoms with Crippen LogP contribution in [0.5, 0.6) is 0 Å². The van der Waals surface area contributed by atoms with Gasteiger partial charge in [0.1, 0.15) is 10.1 Å². The van der Waals surface area contributed by atoms with Crippen molar-refractivity contribution in [1.29, 1.82) is 0 Å². The van der Waals surface area contributed by atoms with E-state index in [-0.39, 0.29) is 0 Å². The minimum Gasteiger partial charge on any atom is -0.278 e. The van der Waals surface area contributed by atoms with Crippen molar-refractivity contribution in [1.82, 2.24) is 9.13 Å². The molecule has 172 valence electrons. The van der Waals surface area contributed by atoms with Crippen molar-refractivity contribution in [3.63, 3.8) is 0 Å². The van der Waals surface area contributed by atoms with E-state index in [0.717, 1.165) is 40.5 Å². The molecule has 0 aliphatic carbocycles. The van der Waals surface area contributed by atoms with Crippen LogP contribution in [0.3, 0.4) is 0 Å². The number of benzene rings is 2. The maximum Gasteiger partial charge on any atom is 0.191 e. The molecule has 5 heteroatoms. The van der Waals surface area contributed by atoms with Gasteiger partial charge in [-0.2, -0.15) is 0 Å². The van der Waals surface area contributed by atoms with E-state index < -0.39 is 0 Å². The zero-order valence-electron chi connectivity index (χ0n) is 20.1. The van der Waals surface area contributed by atoms with Crippen molar-refractivity contribution in [3.8, 4) is 11.4 Å². The first-order valence-electron chi connectivity index (χ1n) is 11.7. The molecule has 3 rings (SSSR count). The second-order valence-electron chi connectivity index (χ2n) is 9.12. The van der Waals surface area contributed by atoms with Crippen LogP contribution in [0, 0.1) is 4.77 Å². The molecule has 0 saturated heterocycles. The van der Waals surface area contributed by atoms with Gasteiger partial charge < -0.3 is 0 Å². The number of nitrogens with zero attached hydrogens (tertiary/aromatic N) is 2. The van der Waals surface area contributed by atoms with Crippen molar-refractivity contribution in [3.05, 3.63) is 63.4 Å². The monoisotopic (exact) mass is 484 g/mol. The fraction of sp³-hybridized carbons (Fsp3) is 0.444. The molecule has 1 heterocycles. The predicted molar refractivity (Wildman–Crippen MR) is 147 cm³/mol. The van der Waals surface area contributed by atoms with Crippen LogP contribution in [-0.4, -0.2) is 9.13 Å². The summed E-state index contributed by atoms with van der Waals surface area (Å²) >= 11 is 16.1. The lowest BCUT2D eigenvalue weighted by Crippen LogP contribution is -2.09. The Morgan fingerprint density at radius 1 is 0.719 bits per heavy atom. The summed E-state index contributed by atoms with van der Waals surface area (Å²) in [7, 11) is 0. The topological polar surface area (TPSA) is 9.86 Å². The maximum atomic E-state index is 6.17. The van der Waals surface area contributed by atoms with Crippen LogP contribution in [0.1, 0.15) is 88.5 Å². The van der Waals surface area contributed by atoms with Crippen molar-refractivity contribution < 1.29 is 0 Å². The van der Waals surface area contributed by atoms with Gasteiger partial charge in [0.2, 0.25) is 0 Å². The lowest BCUT2D eigenvalue weighted by atomic mass is 9.95. The smallest absolute Gasteiger partial charge is 0.191 e. The highest BCUT2D eigenvalue weighted by Crippen LogP contribution is 2.37. The van der Waals surface area contributed by atoms with Crippen LogP contribution in [0.25, 0.3) is 11.4 Å². The van der Waals surface area contributed by atoms with Gasteiger partial charge in [-0.3, -0.25) is 9.13 Å². The van der Waals surface area contributed by atoms with E-state index in [2.05, 4.69) is 87.1 Å². The van der Waals surface area contributed by atoms with Gasteiger partial charge in [-0.05, 0) is 59.1 Å². The van der Waals surface area contributed by atoms with E-state index >= 15 is 0 Å². The molecule has 0 saturated carbocycles. The number of rotatable bonds is 8. The van der Waals surface area contributed by atoms with Crippen molar-refractivity contribution in [2.75, 3.05) is 0 Å². The van der Waals surface area contributed by atoms with Crippen molar-refractivity contribution >= 4 is 37.5 Å². The molecule has 0 amide bonds. The second-order valence-corrected chi connectivity index (χ2v) is 10.3. The van der Waals surface area contributed by atoms with Crippen LogP contribution in [0.2, 0.25) is 0 Å². The first-order chi connectivity index (χ1) is 15.2. The molecule has 2 aromatic carbocycles. The summed E-state index contributed by atoms with van der Waals surface area (Å²) in [6.07, 6.45) is 4.16. The molecule has 0 spiro atoms. The fourth-order valence-corrected chi connectivity index (χ4v) is 5.62. The quantitative estimate of drug-likeness (QED) is 0.240. The highest BCUT2D eigenvalue weighted by atomic mass is 32.1. The summed E-state index contributed by atoms with van der Waals surface area (Å²) < 4.78 is 5.03. The molecule has 0 atom stereocenters. The van der Waals surface area contributed by atoms with E-state index in [4.69, 9.17) is 37.5 Å². The van der Waals surface area contributed by atoms with Crippen molar-refractivity contribution in [2.45, 2.75) is 89.1 Å². The summed E-state index contributed by atoms with van der Waals surface area (Å²) in [4.78, 5) is 0. The molecule has 0 aliphatic rings. The third-order valence-corrected chi connectivity index (χ3v) is 7.40. The molecule has 1 aromatic heterocycles. The lowest BCUT2D eigenvalue weighted by molar-refractivity contribution is 0.792. The summed E-state index contributed by atoms with van der Waals surface area (Å²) in [5.41, 5.74) is 7.54. The number of hydrogen-bond acceptors (Lipinski definition) is 3. The Labute approximate surface area is 209 Å². The predicted octanol–water partition coefficient (Wildman–Crippen LogP) is 8.73. The third-order valence-electron chi connectivity index (χ3n) is 6.04. The Kier molecular flexibility index (Phi) is 8.40. The van der Waals surface area contributed by atoms with Gasteiger partial charge in [-0.25, -0.2) is 0 Å². The van der Waals surface area contributed by atoms with Gasteiger partial charge in [0, 0.05) is 0 Å². The Balaban J connectivity index is 2.42. The highest BCUT2D eigenvalue weighted by molar-refractivity contribution is 7.83. The summed E-state index contributed by atoms with van der Waals surface area (Å²) in [5.74, 6) is 0.753. The maximum absolute atomic E-state index is 6.17. The largest absolute Gasteiger partial charge is 0.278 e. The zero-order valence-corrected chi connectivity index (χ0v) is 22.7. The lowest BCUT2D eigenvalue weighted by Gasteiger charge is -2.20. The number of para-hydroxylation sites is 2. The standard InChI is InChI=1S/C27H36N2S3/c1-7-11-19-13-9-15-21(17(3)4)23(19)28-25(30)26(31)29(27(28)32)24-20(12-8-2)14-10-16-22(24)18(5)6/h9-10,13-18,30-31H,7-8,11-12H2,1-6H3. The van der Waals surface area contributed by atoms with E-state index in [1.165, 1.54) is 33.6 Å². The van der Waals surface area contributed by atoms with Gasteiger partial charge >= 0.3 is 0 Å². The van der Waals surface area contributed by atoms with E-state index in [9.17, 15) is 0 Å². The normalized spacial score (nSPS) is 11.7. The molecule has 32 heavy (non-hydrogen) atoms. The average molecular weight is 485 g/mol. The minimum atomic E-state index is 0.377. The molecule has 0 N–H and O–H groups in total. The zero-order chi connectivity index (χ0) is 23.6. The van der Waals surface area contributed by atoms with Gasteiger partial charge in [0.25, 0.3) is 0 Å². The number of imidazole rings is 1. The van der Waals surface area contributed by atoms with Crippen molar-refractivity contribution in [2.24, 2.45) is 0 Å². The van der Waals surface area contributed by atoms with Crippen LogP contribution in [-0.2, 0) is 12.8 Å². The van der Waals surface area contributed by atoms with Crippen LogP contribution in [0.15, 0.2) is 46.5 Å². The molecule has 0 radical (unpaired) electrons. The fourth-order valence-electron chi connectivity index (χ4n) is 4.53. The summed E-state index contributed by atoms with van der Waals surface area (Å²) in [5, 5.41) is 1.59.